The van der Waals surface area contributed by atoms with Crippen molar-refractivity contribution in [2.24, 2.45) is 5.73 Å². The van der Waals surface area contributed by atoms with Crippen LogP contribution in [0.4, 0.5) is 0 Å². The summed E-state index contributed by atoms with van der Waals surface area (Å²) in [5, 5.41) is 0. The first kappa shape index (κ1) is 6.63. The Morgan fingerprint density at radius 1 is 1.86 bits per heavy atom. The molecule has 0 amide bonds. The van der Waals surface area contributed by atoms with Crippen molar-refractivity contribution in [2.45, 2.75) is 26.3 Å². The van der Waals surface area contributed by atoms with Crippen molar-refractivity contribution in [3.05, 3.63) is 0 Å². The highest BCUT2D eigenvalue weighted by Gasteiger charge is 1.95. The van der Waals surface area contributed by atoms with Gasteiger partial charge in [-0.3, -0.25) is 4.79 Å². The standard InChI is InChI=1S/C5H11NO/c1-4(6)3-5(2)7/h4H,3,6H2,1-2H3/t4-/m0/s1. The molecule has 0 aromatic carbocycles. The molecule has 2 nitrogen and oxygen atoms in total. The van der Waals surface area contributed by atoms with Crippen LogP contribution in [0.5, 0.6) is 0 Å². The van der Waals surface area contributed by atoms with Crippen LogP contribution in [-0.2, 0) is 4.79 Å². The molecule has 0 bridgehead atoms. The lowest BCUT2D eigenvalue weighted by Crippen LogP contribution is -2.17. The van der Waals surface area contributed by atoms with Crippen LogP contribution in [0.25, 0.3) is 0 Å². The van der Waals surface area contributed by atoms with Gasteiger partial charge in [0, 0.05) is 12.5 Å². The van der Waals surface area contributed by atoms with E-state index >= 15 is 0 Å². The number of Topliss-reactive ketones (excluding diaryl/α,β-unsaturated/α-hetero) is 1. The zero-order valence-corrected chi connectivity index (χ0v) is 4.77. The van der Waals surface area contributed by atoms with E-state index in [1.807, 2.05) is 6.92 Å². The Balaban J connectivity index is 3.13. The van der Waals surface area contributed by atoms with Gasteiger partial charge in [0.05, 0.1) is 0 Å². The average Bonchev–Trinajstić information content (AvgIpc) is 1.27. The molecule has 0 aromatic rings. The average molecular weight is 101 g/mol. The number of hydrogen-bond donors (Lipinski definition) is 1. The fourth-order valence-corrected chi connectivity index (χ4v) is 0.453. The summed E-state index contributed by atoms with van der Waals surface area (Å²) in [5.41, 5.74) is 5.27. The van der Waals surface area contributed by atoms with Gasteiger partial charge in [-0.25, -0.2) is 0 Å². The maximum absolute atomic E-state index is 10.2. The Bertz CT molecular complexity index is 68.5. The van der Waals surface area contributed by atoms with Crippen molar-refractivity contribution in [1.82, 2.24) is 0 Å². The third-order valence-corrected chi connectivity index (χ3v) is 0.609. The molecular formula is C5H11NO. The lowest BCUT2D eigenvalue weighted by Gasteiger charge is -1.96. The molecule has 2 heteroatoms. The third-order valence-electron chi connectivity index (χ3n) is 0.609. The van der Waals surface area contributed by atoms with Gasteiger partial charge in [0.1, 0.15) is 5.78 Å². The highest BCUT2D eigenvalue weighted by atomic mass is 16.1. The molecule has 0 saturated heterocycles. The fourth-order valence-electron chi connectivity index (χ4n) is 0.453. The molecule has 0 fully saturated rings. The van der Waals surface area contributed by atoms with Gasteiger partial charge < -0.3 is 5.73 Å². The fraction of sp³-hybridized carbons (Fsp3) is 0.800. The molecule has 0 aliphatic carbocycles. The van der Waals surface area contributed by atoms with Gasteiger partial charge in [-0.05, 0) is 13.8 Å². The Labute approximate surface area is 43.7 Å². The molecular weight excluding hydrogens is 90.1 g/mol. The van der Waals surface area contributed by atoms with E-state index in [9.17, 15) is 4.79 Å². The zero-order chi connectivity index (χ0) is 5.86. The molecule has 1 atom stereocenters. The van der Waals surface area contributed by atoms with Gasteiger partial charge in [0.2, 0.25) is 0 Å². The summed E-state index contributed by atoms with van der Waals surface area (Å²) in [6.07, 6.45) is 0.500. The first-order valence-corrected chi connectivity index (χ1v) is 2.38. The highest BCUT2D eigenvalue weighted by Crippen LogP contribution is 1.84. The lowest BCUT2D eigenvalue weighted by atomic mass is 10.2. The Morgan fingerprint density at radius 3 is 2.29 bits per heavy atom. The van der Waals surface area contributed by atoms with Crippen LogP contribution < -0.4 is 5.73 Å². The van der Waals surface area contributed by atoms with E-state index in [-0.39, 0.29) is 11.8 Å². The van der Waals surface area contributed by atoms with E-state index < -0.39 is 0 Å². The van der Waals surface area contributed by atoms with Gasteiger partial charge in [-0.2, -0.15) is 0 Å². The monoisotopic (exact) mass is 101 g/mol. The minimum absolute atomic E-state index is 0.0255. The summed E-state index contributed by atoms with van der Waals surface area (Å²) in [4.78, 5) is 10.2. The molecule has 7 heavy (non-hydrogen) atoms. The first-order valence-electron chi connectivity index (χ1n) is 2.38. The molecule has 0 radical (unpaired) electrons. The predicted molar refractivity (Wildman–Crippen MR) is 28.9 cm³/mol. The van der Waals surface area contributed by atoms with Crippen LogP contribution in [0.15, 0.2) is 0 Å². The smallest absolute Gasteiger partial charge is 0.131 e. The van der Waals surface area contributed by atoms with Crippen LogP contribution in [0.3, 0.4) is 0 Å². The first-order chi connectivity index (χ1) is 3.13. The summed E-state index contributed by atoms with van der Waals surface area (Å²) in [6.45, 7) is 3.37. The summed E-state index contributed by atoms with van der Waals surface area (Å²) in [6, 6.07) is 0.0255. The maximum atomic E-state index is 10.2. The van der Waals surface area contributed by atoms with E-state index in [1.54, 1.807) is 6.92 Å². The summed E-state index contributed by atoms with van der Waals surface area (Å²) in [7, 11) is 0. The van der Waals surface area contributed by atoms with E-state index in [2.05, 4.69) is 0 Å². The number of carbonyl (C=O) groups is 1. The van der Waals surface area contributed by atoms with Crippen LogP contribution in [-0.4, -0.2) is 11.8 Å². The molecule has 0 aliphatic rings. The van der Waals surface area contributed by atoms with E-state index in [0.717, 1.165) is 0 Å². The van der Waals surface area contributed by atoms with Gasteiger partial charge >= 0.3 is 0 Å². The SMILES string of the molecule is CC(=O)C[C@H](C)N. The molecule has 0 unspecified atom stereocenters. The van der Waals surface area contributed by atoms with Gasteiger partial charge in [0.15, 0.2) is 0 Å². The Hall–Kier alpha value is -0.370. The van der Waals surface area contributed by atoms with Crippen molar-refractivity contribution in [3.8, 4) is 0 Å². The lowest BCUT2D eigenvalue weighted by molar-refractivity contribution is -0.117. The minimum Gasteiger partial charge on any atom is -0.328 e. The molecule has 0 rings (SSSR count). The largest absolute Gasteiger partial charge is 0.328 e. The second kappa shape index (κ2) is 2.75. The van der Waals surface area contributed by atoms with Gasteiger partial charge in [0.25, 0.3) is 0 Å². The molecule has 0 aromatic heterocycles. The maximum Gasteiger partial charge on any atom is 0.131 e. The van der Waals surface area contributed by atoms with E-state index in [1.165, 1.54) is 0 Å². The summed E-state index contributed by atoms with van der Waals surface area (Å²) < 4.78 is 0. The third kappa shape index (κ3) is 5.63. The second-order valence-electron chi connectivity index (χ2n) is 1.88. The Kier molecular flexibility index (Phi) is 2.60. The summed E-state index contributed by atoms with van der Waals surface area (Å²) >= 11 is 0. The van der Waals surface area contributed by atoms with Crippen molar-refractivity contribution in [3.63, 3.8) is 0 Å². The molecule has 0 spiro atoms. The van der Waals surface area contributed by atoms with Crippen LogP contribution >= 0.6 is 0 Å². The van der Waals surface area contributed by atoms with E-state index in [4.69, 9.17) is 5.73 Å². The van der Waals surface area contributed by atoms with Crippen LogP contribution in [0.1, 0.15) is 20.3 Å². The molecule has 42 valence electrons. The predicted octanol–water partition coefficient (Wildman–Crippen LogP) is 0.313. The number of carbonyl (C=O) groups excluding carboxylic acids is 1. The molecule has 0 heterocycles. The van der Waals surface area contributed by atoms with E-state index in [0.29, 0.717) is 6.42 Å². The second-order valence-corrected chi connectivity index (χ2v) is 1.88. The normalized spacial score (nSPS) is 13.6. The highest BCUT2D eigenvalue weighted by molar-refractivity contribution is 5.75. The number of ketones is 1. The molecule has 0 saturated carbocycles. The van der Waals surface area contributed by atoms with Crippen molar-refractivity contribution in [1.29, 1.82) is 0 Å². The number of rotatable bonds is 2. The number of hydrogen-bond acceptors (Lipinski definition) is 2. The molecule has 0 aliphatic heterocycles. The van der Waals surface area contributed by atoms with Crippen molar-refractivity contribution >= 4 is 5.78 Å². The molecule has 2 N–H and O–H groups in total. The quantitative estimate of drug-likeness (QED) is 0.544. The van der Waals surface area contributed by atoms with Crippen LogP contribution in [0.2, 0.25) is 0 Å². The minimum atomic E-state index is 0.0255. The Morgan fingerprint density at radius 2 is 2.29 bits per heavy atom. The van der Waals surface area contributed by atoms with Gasteiger partial charge in [-0.15, -0.1) is 0 Å². The zero-order valence-electron chi connectivity index (χ0n) is 4.77. The van der Waals surface area contributed by atoms with Crippen molar-refractivity contribution < 1.29 is 4.79 Å². The van der Waals surface area contributed by atoms with Crippen molar-refractivity contribution in [2.75, 3.05) is 0 Å². The number of nitrogens with two attached hydrogens (primary N) is 1. The van der Waals surface area contributed by atoms with Crippen LogP contribution in [0, 0.1) is 0 Å². The van der Waals surface area contributed by atoms with Gasteiger partial charge in [-0.1, -0.05) is 0 Å². The topological polar surface area (TPSA) is 43.1 Å². The summed E-state index contributed by atoms with van der Waals surface area (Å²) in [5.74, 6) is 0.162.